The molecule has 0 aliphatic rings. The average Bonchev–Trinajstić information content (AvgIpc) is 2.18. The van der Waals surface area contributed by atoms with Crippen LogP contribution in [0.4, 0.5) is 0 Å². The highest BCUT2D eigenvalue weighted by Gasteiger charge is 2.04. The molecule has 0 spiro atoms. The second-order valence-electron chi connectivity index (χ2n) is 2.58. The molecule has 0 N–H and O–H groups in total. The summed E-state index contributed by atoms with van der Waals surface area (Å²) < 4.78 is 4.91. The van der Waals surface area contributed by atoms with E-state index in [2.05, 4.69) is 9.97 Å². The van der Waals surface area contributed by atoms with Gasteiger partial charge in [-0.1, -0.05) is 6.92 Å². The highest BCUT2D eigenvalue weighted by molar-refractivity contribution is 5.79. The zero-order valence-electron chi connectivity index (χ0n) is 7.78. The Hall–Kier alpha value is -1.45. The van der Waals surface area contributed by atoms with E-state index in [1.165, 1.54) is 7.11 Å². The first-order chi connectivity index (χ1) is 6.26. The molecule has 1 aromatic rings. The number of carbonyl (C=O) groups is 1. The van der Waals surface area contributed by atoms with Crippen molar-refractivity contribution in [2.45, 2.75) is 19.8 Å². The molecule has 0 bridgehead atoms. The summed E-state index contributed by atoms with van der Waals surface area (Å²) in [6.07, 6.45) is 2.39. The third-order valence-electron chi connectivity index (χ3n) is 1.64. The molecule has 0 fully saturated rings. The number of ether oxygens (including phenoxy) is 1. The monoisotopic (exact) mass is 180 g/mol. The van der Waals surface area contributed by atoms with Crippen molar-refractivity contribution >= 4 is 5.78 Å². The van der Waals surface area contributed by atoms with Gasteiger partial charge in [0.2, 0.25) is 5.88 Å². The van der Waals surface area contributed by atoms with Crippen LogP contribution in [0.5, 0.6) is 5.88 Å². The van der Waals surface area contributed by atoms with Crippen molar-refractivity contribution in [2.24, 2.45) is 0 Å². The van der Waals surface area contributed by atoms with Crippen molar-refractivity contribution in [3.05, 3.63) is 18.1 Å². The van der Waals surface area contributed by atoms with Crippen LogP contribution in [0.15, 0.2) is 12.3 Å². The van der Waals surface area contributed by atoms with Crippen LogP contribution in [0.3, 0.4) is 0 Å². The molecule has 4 heteroatoms. The number of rotatable bonds is 4. The summed E-state index contributed by atoms with van der Waals surface area (Å²) in [7, 11) is 1.54. The van der Waals surface area contributed by atoms with Crippen molar-refractivity contribution in [1.82, 2.24) is 9.97 Å². The molecule has 70 valence electrons. The Morgan fingerprint density at radius 3 is 3.00 bits per heavy atom. The van der Waals surface area contributed by atoms with Crippen molar-refractivity contribution in [2.75, 3.05) is 7.11 Å². The van der Waals surface area contributed by atoms with Crippen LogP contribution < -0.4 is 4.74 Å². The maximum Gasteiger partial charge on any atom is 0.216 e. The van der Waals surface area contributed by atoms with E-state index in [0.29, 0.717) is 18.1 Å². The zero-order chi connectivity index (χ0) is 9.68. The third-order valence-corrected chi connectivity index (χ3v) is 1.64. The van der Waals surface area contributed by atoms with Crippen LogP contribution in [-0.4, -0.2) is 22.9 Å². The summed E-state index contributed by atoms with van der Waals surface area (Å²) in [5.41, 5.74) is 0. The van der Waals surface area contributed by atoms with Crippen molar-refractivity contribution in [3.8, 4) is 5.88 Å². The van der Waals surface area contributed by atoms with Gasteiger partial charge in [-0.3, -0.25) is 4.79 Å². The van der Waals surface area contributed by atoms with Gasteiger partial charge in [0.05, 0.1) is 13.5 Å². The Kier molecular flexibility index (Phi) is 3.37. The summed E-state index contributed by atoms with van der Waals surface area (Å²) in [4.78, 5) is 19.0. The van der Waals surface area contributed by atoms with Gasteiger partial charge in [0.25, 0.3) is 0 Å². The van der Waals surface area contributed by atoms with E-state index in [-0.39, 0.29) is 12.2 Å². The maximum absolute atomic E-state index is 11.1. The molecule has 0 atom stereocenters. The quantitative estimate of drug-likeness (QED) is 0.693. The molecule has 0 unspecified atom stereocenters. The van der Waals surface area contributed by atoms with E-state index in [1.54, 1.807) is 12.3 Å². The number of methoxy groups -OCH3 is 1. The number of hydrogen-bond donors (Lipinski definition) is 0. The standard InChI is InChI=1S/C9H12N2O2/c1-3-7(12)6-8-10-5-4-9(11-8)13-2/h4-5H,3,6H2,1-2H3. The van der Waals surface area contributed by atoms with Gasteiger partial charge in [0.15, 0.2) is 0 Å². The largest absolute Gasteiger partial charge is 0.481 e. The summed E-state index contributed by atoms with van der Waals surface area (Å²) in [6.45, 7) is 1.82. The molecule has 0 aromatic carbocycles. The second kappa shape index (κ2) is 4.54. The van der Waals surface area contributed by atoms with Gasteiger partial charge in [-0.05, 0) is 0 Å². The van der Waals surface area contributed by atoms with Gasteiger partial charge in [-0.2, -0.15) is 4.98 Å². The van der Waals surface area contributed by atoms with E-state index in [4.69, 9.17) is 4.74 Å². The van der Waals surface area contributed by atoms with Crippen LogP contribution in [0.2, 0.25) is 0 Å². The van der Waals surface area contributed by atoms with E-state index in [9.17, 15) is 4.79 Å². The summed E-state index contributed by atoms with van der Waals surface area (Å²) in [6, 6.07) is 1.65. The number of carbonyl (C=O) groups excluding carboxylic acids is 1. The Bertz CT molecular complexity index is 299. The minimum atomic E-state index is 0.133. The SMILES string of the molecule is CCC(=O)Cc1nccc(OC)n1. The summed E-state index contributed by atoms with van der Waals surface area (Å²) >= 11 is 0. The number of aromatic nitrogens is 2. The molecule has 1 rings (SSSR count). The number of ketones is 1. The Morgan fingerprint density at radius 2 is 2.38 bits per heavy atom. The van der Waals surface area contributed by atoms with Crippen molar-refractivity contribution in [3.63, 3.8) is 0 Å². The predicted molar refractivity (Wildman–Crippen MR) is 47.6 cm³/mol. The second-order valence-corrected chi connectivity index (χ2v) is 2.58. The van der Waals surface area contributed by atoms with E-state index in [0.717, 1.165) is 0 Å². The first-order valence-electron chi connectivity index (χ1n) is 4.14. The molecular formula is C9H12N2O2. The first-order valence-corrected chi connectivity index (χ1v) is 4.14. The van der Waals surface area contributed by atoms with E-state index < -0.39 is 0 Å². The number of Topliss-reactive ketones (excluding diaryl/α,β-unsaturated/α-hetero) is 1. The predicted octanol–water partition coefficient (Wildman–Crippen LogP) is 1.01. The zero-order valence-corrected chi connectivity index (χ0v) is 7.78. The summed E-state index contributed by atoms with van der Waals surface area (Å²) in [5.74, 6) is 1.15. The molecular weight excluding hydrogens is 168 g/mol. The van der Waals surface area contributed by atoms with Gasteiger partial charge >= 0.3 is 0 Å². The van der Waals surface area contributed by atoms with Gasteiger partial charge in [-0.15, -0.1) is 0 Å². The fraction of sp³-hybridized carbons (Fsp3) is 0.444. The average molecular weight is 180 g/mol. The summed E-state index contributed by atoms with van der Waals surface area (Å²) in [5, 5.41) is 0. The van der Waals surface area contributed by atoms with E-state index in [1.807, 2.05) is 6.92 Å². The molecule has 0 radical (unpaired) electrons. The molecule has 0 saturated carbocycles. The molecule has 4 nitrogen and oxygen atoms in total. The highest BCUT2D eigenvalue weighted by Crippen LogP contribution is 2.04. The van der Waals surface area contributed by atoms with Gasteiger partial charge in [0.1, 0.15) is 11.6 Å². The lowest BCUT2D eigenvalue weighted by atomic mass is 10.2. The maximum atomic E-state index is 11.1. The normalized spacial score (nSPS) is 9.69. The number of nitrogens with zero attached hydrogens (tertiary/aromatic N) is 2. The van der Waals surface area contributed by atoms with Gasteiger partial charge in [-0.25, -0.2) is 4.98 Å². The van der Waals surface area contributed by atoms with Crippen molar-refractivity contribution < 1.29 is 9.53 Å². The highest BCUT2D eigenvalue weighted by atomic mass is 16.5. The molecule has 0 amide bonds. The fourth-order valence-electron chi connectivity index (χ4n) is 0.881. The van der Waals surface area contributed by atoms with Crippen molar-refractivity contribution in [1.29, 1.82) is 0 Å². The van der Waals surface area contributed by atoms with Gasteiger partial charge < -0.3 is 4.74 Å². The fourth-order valence-corrected chi connectivity index (χ4v) is 0.881. The lowest BCUT2D eigenvalue weighted by Crippen LogP contribution is -2.05. The number of hydrogen-bond acceptors (Lipinski definition) is 4. The Morgan fingerprint density at radius 1 is 1.62 bits per heavy atom. The molecule has 13 heavy (non-hydrogen) atoms. The molecule has 1 aromatic heterocycles. The minimum absolute atomic E-state index is 0.133. The van der Waals surface area contributed by atoms with Gasteiger partial charge in [0, 0.05) is 18.7 Å². The van der Waals surface area contributed by atoms with E-state index >= 15 is 0 Å². The Balaban J connectivity index is 2.71. The smallest absolute Gasteiger partial charge is 0.216 e. The Labute approximate surface area is 77.0 Å². The minimum Gasteiger partial charge on any atom is -0.481 e. The van der Waals surface area contributed by atoms with Crippen LogP contribution >= 0.6 is 0 Å². The lowest BCUT2D eigenvalue weighted by Gasteiger charge is -2.00. The first kappa shape index (κ1) is 9.64. The molecule has 0 aliphatic heterocycles. The van der Waals surface area contributed by atoms with Crippen LogP contribution in [0.25, 0.3) is 0 Å². The third kappa shape index (κ3) is 2.82. The van der Waals surface area contributed by atoms with Crippen LogP contribution in [-0.2, 0) is 11.2 Å². The topological polar surface area (TPSA) is 52.1 Å². The van der Waals surface area contributed by atoms with Crippen LogP contribution in [0.1, 0.15) is 19.2 Å². The van der Waals surface area contributed by atoms with Crippen LogP contribution in [0, 0.1) is 0 Å². The molecule has 0 aliphatic carbocycles. The molecule has 0 saturated heterocycles. The molecule has 1 heterocycles. The lowest BCUT2D eigenvalue weighted by molar-refractivity contribution is -0.118.